The maximum absolute atomic E-state index is 4.30. The summed E-state index contributed by atoms with van der Waals surface area (Å²) in [5.41, 5.74) is 5.40. The maximum atomic E-state index is 4.30. The van der Waals surface area contributed by atoms with Crippen molar-refractivity contribution in [3.63, 3.8) is 0 Å². The highest BCUT2D eigenvalue weighted by atomic mass is 127. The Balaban J connectivity index is 2.16. The van der Waals surface area contributed by atoms with Crippen molar-refractivity contribution in [2.24, 2.45) is 0 Å². The van der Waals surface area contributed by atoms with Crippen molar-refractivity contribution in [2.45, 2.75) is 6.92 Å². The van der Waals surface area contributed by atoms with Crippen LogP contribution in [0, 0.1) is 6.92 Å². The summed E-state index contributed by atoms with van der Waals surface area (Å²) >= 11 is 2.16. The third-order valence-electron chi connectivity index (χ3n) is 3.00. The minimum Gasteiger partial charge on any atom is -0.183 e. The first-order valence-electron chi connectivity index (χ1n) is 6.00. The Morgan fingerprint density at radius 2 is 1.58 bits per heavy atom. The average Bonchev–Trinajstić information content (AvgIpc) is 2.82. The predicted molar refractivity (Wildman–Crippen MR) is 85.0 cm³/mol. The van der Waals surface area contributed by atoms with E-state index in [1.807, 2.05) is 18.2 Å². The number of aromatic nitrogens is 3. The molecule has 3 aromatic rings. The van der Waals surface area contributed by atoms with Crippen LogP contribution in [0.25, 0.3) is 22.5 Å². The monoisotopic (exact) mass is 361 g/mol. The van der Waals surface area contributed by atoms with Crippen LogP contribution >= 0.6 is 22.9 Å². The fourth-order valence-corrected chi connectivity index (χ4v) is 2.61. The van der Waals surface area contributed by atoms with Gasteiger partial charge in [0.25, 0.3) is 0 Å². The van der Waals surface area contributed by atoms with Crippen LogP contribution in [0.2, 0.25) is 0 Å². The van der Waals surface area contributed by atoms with Crippen molar-refractivity contribution in [3.8, 4) is 22.5 Å². The van der Waals surface area contributed by atoms with Gasteiger partial charge in [0, 0.05) is 11.1 Å². The maximum Gasteiger partial charge on any atom is 0.121 e. The normalized spacial score (nSPS) is 10.6. The van der Waals surface area contributed by atoms with E-state index < -0.39 is 0 Å². The molecule has 94 valence electrons. The Labute approximate surface area is 125 Å². The molecule has 4 heteroatoms. The van der Waals surface area contributed by atoms with Gasteiger partial charge in [-0.05, 0) is 6.92 Å². The topological polar surface area (TPSA) is 30.7 Å². The van der Waals surface area contributed by atoms with Crippen LogP contribution in [-0.2, 0) is 0 Å². The van der Waals surface area contributed by atoms with Crippen LogP contribution < -0.4 is 0 Å². The summed E-state index contributed by atoms with van der Waals surface area (Å²) in [6, 6.07) is 18.6. The first kappa shape index (κ1) is 12.3. The third-order valence-corrected chi connectivity index (χ3v) is 3.68. The van der Waals surface area contributed by atoms with Crippen LogP contribution in [0.1, 0.15) is 5.56 Å². The summed E-state index contributed by atoms with van der Waals surface area (Å²) < 4.78 is 1.79. The van der Waals surface area contributed by atoms with Gasteiger partial charge in [0.15, 0.2) is 0 Å². The summed E-state index contributed by atoms with van der Waals surface area (Å²) in [6.45, 7) is 2.08. The molecular weight excluding hydrogens is 349 g/mol. The number of halogens is 1. The number of hydrogen-bond acceptors (Lipinski definition) is 2. The van der Waals surface area contributed by atoms with Crippen LogP contribution in [0.3, 0.4) is 0 Å². The molecule has 0 N–H and O–H groups in total. The molecule has 0 aliphatic carbocycles. The lowest BCUT2D eigenvalue weighted by Crippen LogP contribution is -1.88. The van der Waals surface area contributed by atoms with Crippen LogP contribution in [0.4, 0.5) is 0 Å². The lowest BCUT2D eigenvalue weighted by molar-refractivity contribution is 0.923. The molecule has 1 aromatic heterocycles. The van der Waals surface area contributed by atoms with Gasteiger partial charge in [-0.25, -0.2) is 0 Å². The zero-order valence-electron chi connectivity index (χ0n) is 10.4. The average molecular weight is 361 g/mol. The molecular formula is C15H12IN3. The number of rotatable bonds is 2. The Morgan fingerprint density at radius 3 is 2.26 bits per heavy atom. The van der Waals surface area contributed by atoms with E-state index in [2.05, 4.69) is 76.5 Å². The predicted octanol–water partition coefficient (Wildman–Crippen LogP) is 4.12. The second-order valence-electron chi connectivity index (χ2n) is 4.38. The second kappa shape index (κ2) is 5.13. The number of hydrogen-bond donors (Lipinski definition) is 0. The standard InChI is InChI=1S/C15H12IN3/c1-11-7-9-12(10-8-11)14-15(19(16)18-17-14)13-5-3-2-4-6-13/h2-10H,1H3. The van der Waals surface area contributed by atoms with E-state index in [0.29, 0.717) is 0 Å². The first-order chi connectivity index (χ1) is 9.25. The summed E-state index contributed by atoms with van der Waals surface area (Å²) in [6.07, 6.45) is 0. The van der Waals surface area contributed by atoms with Crippen LogP contribution in [0.5, 0.6) is 0 Å². The smallest absolute Gasteiger partial charge is 0.121 e. The van der Waals surface area contributed by atoms with Gasteiger partial charge in [-0.2, -0.15) is 2.90 Å². The molecule has 3 nitrogen and oxygen atoms in total. The molecule has 1 heterocycles. The summed E-state index contributed by atoms with van der Waals surface area (Å²) in [5.74, 6) is 0. The minimum absolute atomic E-state index is 0.917. The fourth-order valence-electron chi connectivity index (χ4n) is 2.01. The lowest BCUT2D eigenvalue weighted by atomic mass is 10.0. The van der Waals surface area contributed by atoms with Gasteiger partial charge >= 0.3 is 0 Å². The molecule has 0 fully saturated rings. The molecule has 0 aliphatic rings. The van der Waals surface area contributed by atoms with Crippen molar-refractivity contribution in [1.29, 1.82) is 0 Å². The van der Waals surface area contributed by atoms with Gasteiger partial charge in [-0.3, -0.25) is 0 Å². The highest BCUT2D eigenvalue weighted by Gasteiger charge is 2.14. The number of aryl methyl sites for hydroxylation is 1. The molecule has 0 aliphatic heterocycles. The zero-order chi connectivity index (χ0) is 13.2. The molecule has 0 unspecified atom stereocenters. The van der Waals surface area contributed by atoms with Gasteiger partial charge in [-0.1, -0.05) is 65.4 Å². The minimum atomic E-state index is 0.917. The molecule has 0 saturated carbocycles. The van der Waals surface area contributed by atoms with E-state index in [0.717, 1.165) is 22.5 Å². The van der Waals surface area contributed by atoms with Crippen molar-refractivity contribution >= 4 is 22.9 Å². The highest BCUT2D eigenvalue weighted by molar-refractivity contribution is 14.1. The van der Waals surface area contributed by atoms with Crippen molar-refractivity contribution in [1.82, 2.24) is 13.2 Å². The zero-order valence-corrected chi connectivity index (χ0v) is 12.6. The Morgan fingerprint density at radius 1 is 0.895 bits per heavy atom. The van der Waals surface area contributed by atoms with E-state index in [1.54, 1.807) is 2.90 Å². The summed E-state index contributed by atoms with van der Waals surface area (Å²) in [4.78, 5) is 0. The molecule has 0 atom stereocenters. The fraction of sp³-hybridized carbons (Fsp3) is 0.0667. The molecule has 0 bridgehead atoms. The molecule has 0 spiro atoms. The largest absolute Gasteiger partial charge is 0.183 e. The quantitative estimate of drug-likeness (QED) is 0.643. The molecule has 3 rings (SSSR count). The van der Waals surface area contributed by atoms with E-state index >= 15 is 0 Å². The Kier molecular flexibility index (Phi) is 3.33. The van der Waals surface area contributed by atoms with Gasteiger partial charge in [0.1, 0.15) is 11.4 Å². The van der Waals surface area contributed by atoms with E-state index in [1.165, 1.54) is 5.56 Å². The Bertz CT molecular complexity index is 687. The van der Waals surface area contributed by atoms with Gasteiger partial charge < -0.3 is 0 Å². The summed E-state index contributed by atoms with van der Waals surface area (Å²) in [5, 5.41) is 8.44. The molecule has 0 amide bonds. The van der Waals surface area contributed by atoms with Gasteiger partial charge in [-0.15, -0.1) is 5.10 Å². The third kappa shape index (κ3) is 2.40. The number of nitrogens with zero attached hydrogens (tertiary/aromatic N) is 3. The van der Waals surface area contributed by atoms with E-state index in [9.17, 15) is 0 Å². The molecule has 19 heavy (non-hydrogen) atoms. The van der Waals surface area contributed by atoms with Gasteiger partial charge in [0.05, 0.1) is 22.9 Å². The molecule has 2 aromatic carbocycles. The first-order valence-corrected chi connectivity index (χ1v) is 6.96. The van der Waals surface area contributed by atoms with Gasteiger partial charge in [0.2, 0.25) is 0 Å². The Hall–Kier alpha value is -1.69. The second-order valence-corrected chi connectivity index (χ2v) is 5.29. The van der Waals surface area contributed by atoms with E-state index in [4.69, 9.17) is 0 Å². The van der Waals surface area contributed by atoms with E-state index in [-0.39, 0.29) is 0 Å². The van der Waals surface area contributed by atoms with Crippen LogP contribution in [0.15, 0.2) is 54.6 Å². The van der Waals surface area contributed by atoms with Crippen molar-refractivity contribution in [3.05, 3.63) is 60.2 Å². The van der Waals surface area contributed by atoms with Crippen molar-refractivity contribution < 1.29 is 0 Å². The number of benzene rings is 2. The lowest BCUT2D eigenvalue weighted by Gasteiger charge is -2.04. The van der Waals surface area contributed by atoms with Crippen LogP contribution in [-0.4, -0.2) is 13.2 Å². The highest BCUT2D eigenvalue weighted by Crippen LogP contribution is 2.31. The molecule has 0 saturated heterocycles. The SMILES string of the molecule is Cc1ccc(-c2nnn(I)c2-c2ccccc2)cc1. The summed E-state index contributed by atoms with van der Waals surface area (Å²) in [7, 11) is 0. The molecule has 0 radical (unpaired) electrons. The van der Waals surface area contributed by atoms with Crippen molar-refractivity contribution in [2.75, 3.05) is 0 Å².